The van der Waals surface area contributed by atoms with E-state index in [0.717, 1.165) is 32.1 Å². The van der Waals surface area contributed by atoms with Crippen LogP contribution in [-0.4, -0.2) is 34.1 Å². The zero-order valence-corrected chi connectivity index (χ0v) is 14.9. The molecule has 132 valence electrons. The van der Waals surface area contributed by atoms with Crippen LogP contribution in [0, 0.1) is 34.0 Å². The van der Waals surface area contributed by atoms with Crippen molar-refractivity contribution in [1.29, 1.82) is 0 Å². The lowest BCUT2D eigenvalue weighted by atomic mass is 9.41. The minimum absolute atomic E-state index is 0.0612. The first kappa shape index (κ1) is 16.4. The summed E-state index contributed by atoms with van der Waals surface area (Å²) in [5.41, 5.74) is -0.299. The summed E-state index contributed by atoms with van der Waals surface area (Å²) in [5.74, 6) is 1.42. The van der Waals surface area contributed by atoms with Gasteiger partial charge in [0.2, 0.25) is 0 Å². The largest absolute Gasteiger partial charge is 0.396 e. The number of fused-ring (bicyclic) bond motifs is 3. The number of rotatable bonds is 2. The SMILES string of the molecule is CC1(C)CCC[C@@]2(CO)[C@@H]3CC[C@H]4C[C@@]3(CC[C@@H]12)C[C@]4(O)CO. The summed E-state index contributed by atoms with van der Waals surface area (Å²) in [6.45, 7) is 5.04. The van der Waals surface area contributed by atoms with E-state index in [9.17, 15) is 15.3 Å². The van der Waals surface area contributed by atoms with Crippen molar-refractivity contribution >= 4 is 0 Å². The first-order valence-corrected chi connectivity index (χ1v) is 9.76. The molecule has 0 amide bonds. The molecule has 3 nitrogen and oxygen atoms in total. The lowest BCUT2D eigenvalue weighted by Crippen LogP contribution is -2.58. The predicted molar refractivity (Wildman–Crippen MR) is 89.8 cm³/mol. The molecule has 0 heterocycles. The summed E-state index contributed by atoms with van der Waals surface area (Å²) in [6.07, 6.45) is 10.0. The highest BCUT2D eigenvalue weighted by atomic mass is 16.3. The molecular weight excluding hydrogens is 288 g/mol. The first-order chi connectivity index (χ1) is 10.8. The van der Waals surface area contributed by atoms with E-state index in [2.05, 4.69) is 13.8 Å². The van der Waals surface area contributed by atoms with Crippen molar-refractivity contribution in [3.8, 4) is 0 Å². The van der Waals surface area contributed by atoms with E-state index in [-0.39, 0.29) is 23.4 Å². The average molecular weight is 322 g/mol. The van der Waals surface area contributed by atoms with Crippen LogP contribution in [0.25, 0.3) is 0 Å². The Bertz CT molecular complexity index is 489. The smallest absolute Gasteiger partial charge is 0.0910 e. The molecule has 4 saturated carbocycles. The standard InChI is InChI=1S/C20H34O3/c1-17(2)7-3-8-19(12-21)15(17)6-9-18-10-14(4-5-16(18)19)20(23,11-18)13-22/h14-16,21-23H,3-13H2,1-2H3/t14-,15-,16+,18-,19-,20-/m0/s1. The Balaban J connectivity index is 1.75. The quantitative estimate of drug-likeness (QED) is 0.732. The fourth-order valence-electron chi connectivity index (χ4n) is 8.09. The third-order valence-corrected chi connectivity index (χ3v) is 8.91. The molecule has 0 aromatic carbocycles. The Morgan fingerprint density at radius 1 is 0.913 bits per heavy atom. The highest BCUT2D eigenvalue weighted by Gasteiger charge is 2.67. The maximum atomic E-state index is 10.9. The second kappa shape index (κ2) is 4.95. The van der Waals surface area contributed by atoms with Gasteiger partial charge in [0.1, 0.15) is 0 Å². The molecule has 0 aromatic rings. The van der Waals surface area contributed by atoms with Gasteiger partial charge in [0.15, 0.2) is 0 Å². The number of hydrogen-bond acceptors (Lipinski definition) is 3. The molecule has 23 heavy (non-hydrogen) atoms. The third-order valence-electron chi connectivity index (χ3n) is 8.91. The minimum atomic E-state index is -0.859. The normalized spacial score (nSPS) is 54.4. The Hall–Kier alpha value is -0.120. The molecule has 0 aliphatic heterocycles. The molecule has 4 fully saturated rings. The molecular formula is C20H34O3. The van der Waals surface area contributed by atoms with Gasteiger partial charge in [0, 0.05) is 12.0 Å². The molecule has 1 spiro atoms. The molecule has 4 rings (SSSR count). The average Bonchev–Trinajstić information content (AvgIpc) is 2.73. The van der Waals surface area contributed by atoms with Crippen molar-refractivity contribution in [2.75, 3.05) is 13.2 Å². The monoisotopic (exact) mass is 322 g/mol. The van der Waals surface area contributed by atoms with Crippen LogP contribution in [-0.2, 0) is 0 Å². The van der Waals surface area contributed by atoms with Gasteiger partial charge in [-0.2, -0.15) is 0 Å². The molecule has 0 unspecified atom stereocenters. The molecule has 3 heteroatoms. The van der Waals surface area contributed by atoms with Crippen LogP contribution >= 0.6 is 0 Å². The van der Waals surface area contributed by atoms with Crippen LogP contribution in [0.15, 0.2) is 0 Å². The van der Waals surface area contributed by atoms with Gasteiger partial charge in [0.25, 0.3) is 0 Å². The Morgan fingerprint density at radius 2 is 1.70 bits per heavy atom. The first-order valence-electron chi connectivity index (χ1n) is 9.76. The number of hydrogen-bond donors (Lipinski definition) is 3. The summed E-state index contributed by atoms with van der Waals surface area (Å²) >= 11 is 0. The van der Waals surface area contributed by atoms with Crippen molar-refractivity contribution < 1.29 is 15.3 Å². The lowest BCUT2D eigenvalue weighted by molar-refractivity contribution is -0.174. The van der Waals surface area contributed by atoms with Gasteiger partial charge in [0.05, 0.1) is 12.2 Å². The van der Waals surface area contributed by atoms with Gasteiger partial charge in [-0.3, -0.25) is 0 Å². The van der Waals surface area contributed by atoms with Gasteiger partial charge < -0.3 is 15.3 Å². The van der Waals surface area contributed by atoms with Gasteiger partial charge >= 0.3 is 0 Å². The zero-order chi connectivity index (χ0) is 16.5. The van der Waals surface area contributed by atoms with Crippen molar-refractivity contribution in [3.63, 3.8) is 0 Å². The van der Waals surface area contributed by atoms with Crippen molar-refractivity contribution in [1.82, 2.24) is 0 Å². The number of aliphatic hydroxyl groups is 3. The van der Waals surface area contributed by atoms with E-state index < -0.39 is 5.60 Å². The van der Waals surface area contributed by atoms with Crippen LogP contribution in [0.3, 0.4) is 0 Å². The van der Waals surface area contributed by atoms with Gasteiger partial charge in [-0.1, -0.05) is 20.3 Å². The fraction of sp³-hybridized carbons (Fsp3) is 1.00. The van der Waals surface area contributed by atoms with E-state index >= 15 is 0 Å². The maximum Gasteiger partial charge on any atom is 0.0910 e. The van der Waals surface area contributed by atoms with E-state index in [4.69, 9.17) is 0 Å². The van der Waals surface area contributed by atoms with E-state index in [1.807, 2.05) is 0 Å². The summed E-state index contributed by atoms with van der Waals surface area (Å²) in [7, 11) is 0. The van der Waals surface area contributed by atoms with E-state index in [1.54, 1.807) is 0 Å². The van der Waals surface area contributed by atoms with Gasteiger partial charge in [-0.15, -0.1) is 0 Å². The maximum absolute atomic E-state index is 10.9. The molecule has 6 atom stereocenters. The topological polar surface area (TPSA) is 60.7 Å². The van der Waals surface area contributed by atoms with Crippen molar-refractivity contribution in [2.45, 2.75) is 77.2 Å². The minimum Gasteiger partial charge on any atom is -0.396 e. The van der Waals surface area contributed by atoms with E-state index in [1.165, 1.54) is 25.7 Å². The van der Waals surface area contributed by atoms with Gasteiger partial charge in [-0.05, 0) is 80.0 Å². The van der Waals surface area contributed by atoms with Crippen LogP contribution in [0.2, 0.25) is 0 Å². The molecule has 0 radical (unpaired) electrons. The Kier molecular flexibility index (Phi) is 3.52. The van der Waals surface area contributed by atoms with E-state index in [0.29, 0.717) is 23.9 Å². The summed E-state index contributed by atoms with van der Waals surface area (Å²) in [4.78, 5) is 0. The van der Waals surface area contributed by atoms with Crippen molar-refractivity contribution in [2.24, 2.45) is 34.0 Å². The summed E-state index contributed by atoms with van der Waals surface area (Å²) in [6, 6.07) is 0. The van der Waals surface area contributed by atoms with Crippen molar-refractivity contribution in [3.05, 3.63) is 0 Å². The molecule has 0 saturated heterocycles. The molecule has 4 aliphatic rings. The molecule has 2 bridgehead atoms. The number of aliphatic hydroxyl groups excluding tert-OH is 2. The second-order valence-electron chi connectivity index (χ2n) is 10.2. The Morgan fingerprint density at radius 3 is 2.39 bits per heavy atom. The van der Waals surface area contributed by atoms with Crippen LogP contribution in [0.1, 0.15) is 71.6 Å². The highest BCUT2D eigenvalue weighted by Crippen LogP contribution is 2.72. The fourth-order valence-corrected chi connectivity index (χ4v) is 8.09. The highest BCUT2D eigenvalue weighted by molar-refractivity contribution is 5.17. The Labute approximate surface area is 140 Å². The zero-order valence-electron chi connectivity index (χ0n) is 14.9. The molecule has 3 N–H and O–H groups in total. The predicted octanol–water partition coefficient (Wildman–Crippen LogP) is 3.12. The van der Waals surface area contributed by atoms with Crippen LogP contribution < -0.4 is 0 Å². The van der Waals surface area contributed by atoms with Crippen LogP contribution in [0.4, 0.5) is 0 Å². The second-order valence-corrected chi connectivity index (χ2v) is 10.2. The third kappa shape index (κ3) is 1.99. The lowest BCUT2D eigenvalue weighted by Gasteiger charge is -2.64. The molecule has 4 aliphatic carbocycles. The summed E-state index contributed by atoms with van der Waals surface area (Å²) in [5, 5.41) is 31.3. The summed E-state index contributed by atoms with van der Waals surface area (Å²) < 4.78 is 0. The van der Waals surface area contributed by atoms with Crippen LogP contribution in [0.5, 0.6) is 0 Å². The molecule has 0 aromatic heterocycles. The van der Waals surface area contributed by atoms with Gasteiger partial charge in [-0.25, -0.2) is 0 Å².